The number of pyridine rings is 1. The number of fused-ring (bicyclic) bond motifs is 1. The van der Waals surface area contributed by atoms with Crippen LogP contribution in [0.1, 0.15) is 0 Å². The van der Waals surface area contributed by atoms with E-state index in [0.29, 0.717) is 5.39 Å². The summed E-state index contributed by atoms with van der Waals surface area (Å²) < 4.78 is 0. The molecule has 14 heavy (non-hydrogen) atoms. The van der Waals surface area contributed by atoms with E-state index in [4.69, 9.17) is 10.0 Å². The minimum absolute atomic E-state index is 0.116. The number of aromatic hydroxyl groups is 1. The smallest absolute Gasteiger partial charge is 0.492 e. The number of phenolic OH excluding ortho intramolecular Hbond substituents is 1. The lowest BCUT2D eigenvalue weighted by atomic mass is 9.76. The highest BCUT2D eigenvalue weighted by molar-refractivity contribution is 6.63. The summed E-state index contributed by atoms with van der Waals surface area (Å²) in [5.74, 6) is -0.126. The molecule has 0 atom stereocenters. The van der Waals surface area contributed by atoms with E-state index in [0.717, 1.165) is 5.39 Å². The van der Waals surface area contributed by atoms with Crippen molar-refractivity contribution in [2.24, 2.45) is 0 Å². The van der Waals surface area contributed by atoms with Crippen molar-refractivity contribution in [1.82, 2.24) is 4.98 Å². The van der Waals surface area contributed by atoms with Gasteiger partial charge in [-0.05, 0) is 29.0 Å². The average Bonchev–Trinajstić information content (AvgIpc) is 2.17. The fourth-order valence-corrected chi connectivity index (χ4v) is 1.45. The Morgan fingerprint density at radius 2 is 1.93 bits per heavy atom. The van der Waals surface area contributed by atoms with Gasteiger partial charge in [-0.15, -0.1) is 0 Å². The summed E-state index contributed by atoms with van der Waals surface area (Å²) in [7, 11) is -1.68. The Kier molecular flexibility index (Phi) is 2.11. The van der Waals surface area contributed by atoms with Crippen LogP contribution in [0.3, 0.4) is 0 Å². The first-order valence-electron chi connectivity index (χ1n) is 4.12. The zero-order valence-corrected chi connectivity index (χ0v) is 7.25. The lowest BCUT2D eigenvalue weighted by Gasteiger charge is -2.06. The van der Waals surface area contributed by atoms with Crippen molar-refractivity contribution in [3.63, 3.8) is 0 Å². The van der Waals surface area contributed by atoms with E-state index in [-0.39, 0.29) is 11.2 Å². The summed E-state index contributed by atoms with van der Waals surface area (Å²) in [4.78, 5) is 3.90. The first-order valence-corrected chi connectivity index (χ1v) is 4.12. The molecule has 0 radical (unpaired) electrons. The van der Waals surface area contributed by atoms with Crippen molar-refractivity contribution in [2.45, 2.75) is 0 Å². The lowest BCUT2D eigenvalue weighted by molar-refractivity contribution is 0.420. The van der Waals surface area contributed by atoms with E-state index in [2.05, 4.69) is 4.98 Å². The molecule has 0 bridgehead atoms. The van der Waals surface area contributed by atoms with Crippen LogP contribution in [0.15, 0.2) is 30.6 Å². The van der Waals surface area contributed by atoms with Crippen LogP contribution in [0.2, 0.25) is 0 Å². The van der Waals surface area contributed by atoms with Crippen molar-refractivity contribution in [1.29, 1.82) is 0 Å². The maximum atomic E-state index is 9.44. The van der Waals surface area contributed by atoms with Gasteiger partial charge in [0.15, 0.2) is 0 Å². The SMILES string of the molecule is OB(O)c1c(O)ccc2cnccc12. The van der Waals surface area contributed by atoms with E-state index >= 15 is 0 Å². The van der Waals surface area contributed by atoms with Gasteiger partial charge in [-0.3, -0.25) is 4.98 Å². The molecule has 0 aliphatic heterocycles. The van der Waals surface area contributed by atoms with Crippen molar-refractivity contribution >= 4 is 23.4 Å². The van der Waals surface area contributed by atoms with Crippen LogP contribution >= 0.6 is 0 Å². The van der Waals surface area contributed by atoms with Crippen molar-refractivity contribution in [3.8, 4) is 5.75 Å². The Bertz CT molecular complexity index is 473. The fourth-order valence-electron chi connectivity index (χ4n) is 1.45. The molecule has 5 heteroatoms. The predicted molar refractivity (Wildman–Crippen MR) is 53.2 cm³/mol. The van der Waals surface area contributed by atoms with Crippen LogP contribution < -0.4 is 5.46 Å². The molecule has 2 rings (SSSR count). The molecule has 0 saturated heterocycles. The highest BCUT2D eigenvalue weighted by Crippen LogP contribution is 2.16. The fraction of sp³-hybridized carbons (Fsp3) is 0. The standard InChI is InChI=1S/C9H8BNO3/c12-8-2-1-6-5-11-4-3-7(6)9(8)10(13)14/h1-5,12-14H. The van der Waals surface area contributed by atoms with Crippen LogP contribution in [0.4, 0.5) is 0 Å². The largest absolute Gasteiger partial charge is 0.508 e. The third-order valence-corrected chi connectivity index (χ3v) is 2.10. The van der Waals surface area contributed by atoms with E-state index in [1.165, 1.54) is 12.3 Å². The van der Waals surface area contributed by atoms with E-state index in [1.807, 2.05) is 0 Å². The average molecular weight is 189 g/mol. The van der Waals surface area contributed by atoms with Crippen LogP contribution in [-0.4, -0.2) is 27.3 Å². The number of hydrogen-bond acceptors (Lipinski definition) is 4. The quantitative estimate of drug-likeness (QED) is 0.534. The molecule has 3 N–H and O–H groups in total. The number of benzene rings is 1. The van der Waals surface area contributed by atoms with Crippen LogP contribution in [-0.2, 0) is 0 Å². The highest BCUT2D eigenvalue weighted by atomic mass is 16.4. The van der Waals surface area contributed by atoms with Gasteiger partial charge in [-0.25, -0.2) is 0 Å². The Morgan fingerprint density at radius 3 is 2.64 bits per heavy atom. The van der Waals surface area contributed by atoms with Crippen molar-refractivity contribution in [2.75, 3.05) is 0 Å². The van der Waals surface area contributed by atoms with E-state index in [1.54, 1.807) is 18.3 Å². The number of hydrogen-bond donors (Lipinski definition) is 3. The summed E-state index contributed by atoms with van der Waals surface area (Å²) in [5, 5.41) is 28.9. The number of nitrogens with zero attached hydrogens (tertiary/aromatic N) is 1. The molecule has 0 aliphatic rings. The highest BCUT2D eigenvalue weighted by Gasteiger charge is 2.18. The third kappa shape index (κ3) is 1.32. The van der Waals surface area contributed by atoms with Crippen LogP contribution in [0, 0.1) is 0 Å². The zero-order chi connectivity index (χ0) is 10.1. The second-order valence-electron chi connectivity index (χ2n) is 2.97. The molecule has 1 aromatic heterocycles. The summed E-state index contributed by atoms with van der Waals surface area (Å²) in [5.41, 5.74) is 0.116. The van der Waals surface area contributed by atoms with Crippen molar-refractivity contribution in [3.05, 3.63) is 30.6 Å². The van der Waals surface area contributed by atoms with Gasteiger partial charge in [0.05, 0.1) is 0 Å². The molecule has 2 aromatic rings. The Labute approximate surface area is 80.6 Å². The first-order chi connectivity index (χ1) is 6.70. The minimum Gasteiger partial charge on any atom is -0.508 e. The maximum Gasteiger partial charge on any atom is 0.492 e. The van der Waals surface area contributed by atoms with E-state index in [9.17, 15) is 5.11 Å². The van der Waals surface area contributed by atoms with Crippen LogP contribution in [0.5, 0.6) is 5.75 Å². The molecular formula is C9H8BNO3. The molecular weight excluding hydrogens is 181 g/mol. The molecule has 4 nitrogen and oxygen atoms in total. The second kappa shape index (κ2) is 3.28. The van der Waals surface area contributed by atoms with Crippen LogP contribution in [0.25, 0.3) is 10.8 Å². The van der Waals surface area contributed by atoms with Gasteiger partial charge in [0, 0.05) is 17.9 Å². The summed E-state index contributed by atoms with van der Waals surface area (Å²) in [6.07, 6.45) is 3.13. The molecule has 0 amide bonds. The summed E-state index contributed by atoms with van der Waals surface area (Å²) in [6, 6.07) is 4.71. The molecule has 0 spiro atoms. The third-order valence-electron chi connectivity index (χ3n) is 2.10. The molecule has 0 fully saturated rings. The normalized spacial score (nSPS) is 10.4. The lowest BCUT2D eigenvalue weighted by Crippen LogP contribution is -2.30. The van der Waals surface area contributed by atoms with E-state index < -0.39 is 7.12 Å². The predicted octanol–water partition coefficient (Wildman–Crippen LogP) is -0.380. The van der Waals surface area contributed by atoms with Crippen molar-refractivity contribution < 1.29 is 15.2 Å². The topological polar surface area (TPSA) is 73.6 Å². The van der Waals surface area contributed by atoms with Gasteiger partial charge in [-0.2, -0.15) is 0 Å². The Morgan fingerprint density at radius 1 is 1.14 bits per heavy atom. The molecule has 0 saturated carbocycles. The second-order valence-corrected chi connectivity index (χ2v) is 2.97. The Balaban J connectivity index is 2.83. The van der Waals surface area contributed by atoms with Gasteiger partial charge in [0.2, 0.25) is 0 Å². The number of rotatable bonds is 1. The number of phenols is 1. The molecule has 1 heterocycles. The van der Waals surface area contributed by atoms with Gasteiger partial charge in [0.1, 0.15) is 5.75 Å². The molecule has 0 aliphatic carbocycles. The first kappa shape index (κ1) is 8.99. The summed E-state index contributed by atoms with van der Waals surface area (Å²) in [6.45, 7) is 0. The molecule has 1 aromatic carbocycles. The van der Waals surface area contributed by atoms with Gasteiger partial charge in [-0.1, -0.05) is 0 Å². The number of aromatic nitrogens is 1. The monoisotopic (exact) mass is 189 g/mol. The van der Waals surface area contributed by atoms with Gasteiger partial charge in [0.25, 0.3) is 0 Å². The van der Waals surface area contributed by atoms with Gasteiger partial charge >= 0.3 is 7.12 Å². The minimum atomic E-state index is -1.68. The Hall–Kier alpha value is -1.59. The zero-order valence-electron chi connectivity index (χ0n) is 7.25. The van der Waals surface area contributed by atoms with Gasteiger partial charge < -0.3 is 15.2 Å². The molecule has 0 unspecified atom stereocenters. The summed E-state index contributed by atoms with van der Waals surface area (Å²) >= 11 is 0. The molecule has 70 valence electrons. The maximum absolute atomic E-state index is 9.44.